The summed E-state index contributed by atoms with van der Waals surface area (Å²) in [6, 6.07) is -0.282. The van der Waals surface area contributed by atoms with Crippen molar-refractivity contribution in [1.82, 2.24) is 0 Å². The molecule has 1 saturated heterocycles. The Balaban J connectivity index is 2.58. The molecule has 2 unspecified atom stereocenters. The van der Waals surface area contributed by atoms with Crippen molar-refractivity contribution in [2.24, 2.45) is 5.73 Å². The molecule has 1 aliphatic rings. The third kappa shape index (κ3) is 2.43. The molecule has 2 atom stereocenters. The molecule has 1 fully saturated rings. The minimum absolute atomic E-state index is 0.0705. The van der Waals surface area contributed by atoms with Crippen LogP contribution in [0.1, 0.15) is 13.3 Å². The Morgan fingerprint density at radius 1 is 1.67 bits per heavy atom. The van der Waals surface area contributed by atoms with Crippen LogP contribution in [0.5, 0.6) is 0 Å². The second kappa shape index (κ2) is 3.72. The molecule has 12 heavy (non-hydrogen) atoms. The molecule has 5 heteroatoms. The van der Waals surface area contributed by atoms with E-state index in [9.17, 15) is 8.42 Å². The first kappa shape index (κ1) is 9.95. The van der Waals surface area contributed by atoms with Crippen molar-refractivity contribution in [3.63, 3.8) is 0 Å². The summed E-state index contributed by atoms with van der Waals surface area (Å²) in [6.07, 6.45) is 0.620. The lowest BCUT2D eigenvalue weighted by Crippen LogP contribution is -2.33. The van der Waals surface area contributed by atoms with Crippen molar-refractivity contribution in [3.05, 3.63) is 0 Å². The Bertz CT molecular complexity index is 229. The standard InChI is InChI=1S/C7H15NO3S/c1-6(8)5-12(9,10)7-2-3-11-4-7/h6-7H,2-5,8H2,1H3. The summed E-state index contributed by atoms with van der Waals surface area (Å²) in [5.74, 6) is 0.0705. The highest BCUT2D eigenvalue weighted by Crippen LogP contribution is 2.14. The second-order valence-corrected chi connectivity index (χ2v) is 5.62. The Morgan fingerprint density at radius 2 is 2.33 bits per heavy atom. The summed E-state index contributed by atoms with van der Waals surface area (Å²) in [4.78, 5) is 0. The maximum Gasteiger partial charge on any atom is 0.157 e. The molecule has 0 radical (unpaired) electrons. The minimum atomic E-state index is -3.01. The SMILES string of the molecule is CC(N)CS(=O)(=O)C1CCOC1. The number of hydrogen-bond donors (Lipinski definition) is 1. The summed E-state index contributed by atoms with van der Waals surface area (Å²) in [5.41, 5.74) is 5.43. The van der Waals surface area contributed by atoms with Crippen LogP contribution in [0.2, 0.25) is 0 Å². The second-order valence-electron chi connectivity index (χ2n) is 3.29. The van der Waals surface area contributed by atoms with Crippen LogP contribution in [-0.2, 0) is 14.6 Å². The Kier molecular flexibility index (Phi) is 3.09. The highest BCUT2D eigenvalue weighted by molar-refractivity contribution is 7.92. The van der Waals surface area contributed by atoms with Gasteiger partial charge in [0.05, 0.1) is 17.6 Å². The van der Waals surface area contributed by atoms with E-state index in [-0.39, 0.29) is 17.0 Å². The first-order valence-corrected chi connectivity index (χ1v) is 5.79. The van der Waals surface area contributed by atoms with Gasteiger partial charge in [-0.25, -0.2) is 8.42 Å². The van der Waals surface area contributed by atoms with Crippen molar-refractivity contribution in [1.29, 1.82) is 0 Å². The molecular formula is C7H15NO3S. The van der Waals surface area contributed by atoms with E-state index >= 15 is 0 Å². The van der Waals surface area contributed by atoms with Crippen LogP contribution in [0.3, 0.4) is 0 Å². The van der Waals surface area contributed by atoms with Gasteiger partial charge in [-0.15, -0.1) is 0 Å². The van der Waals surface area contributed by atoms with Gasteiger partial charge in [0.25, 0.3) is 0 Å². The monoisotopic (exact) mass is 193 g/mol. The van der Waals surface area contributed by atoms with Gasteiger partial charge < -0.3 is 10.5 Å². The van der Waals surface area contributed by atoms with Crippen molar-refractivity contribution >= 4 is 9.84 Å². The number of nitrogens with two attached hydrogens (primary N) is 1. The highest BCUT2D eigenvalue weighted by atomic mass is 32.2. The van der Waals surface area contributed by atoms with Gasteiger partial charge in [0, 0.05) is 12.6 Å². The van der Waals surface area contributed by atoms with Gasteiger partial charge in [-0.3, -0.25) is 0 Å². The van der Waals surface area contributed by atoms with E-state index < -0.39 is 9.84 Å². The summed E-state index contributed by atoms with van der Waals surface area (Å²) < 4.78 is 28.0. The maximum absolute atomic E-state index is 11.5. The van der Waals surface area contributed by atoms with Crippen LogP contribution in [0.25, 0.3) is 0 Å². The van der Waals surface area contributed by atoms with E-state index in [1.54, 1.807) is 6.92 Å². The van der Waals surface area contributed by atoms with Crippen molar-refractivity contribution in [3.8, 4) is 0 Å². The summed E-state index contributed by atoms with van der Waals surface area (Å²) in [5, 5.41) is -0.316. The van der Waals surface area contributed by atoms with Gasteiger partial charge >= 0.3 is 0 Å². The van der Waals surface area contributed by atoms with Gasteiger partial charge in [0.15, 0.2) is 9.84 Å². The molecule has 2 N–H and O–H groups in total. The summed E-state index contributed by atoms with van der Waals surface area (Å²) >= 11 is 0. The van der Waals surface area contributed by atoms with Crippen LogP contribution in [0.15, 0.2) is 0 Å². The van der Waals surface area contributed by atoms with Crippen LogP contribution in [0, 0.1) is 0 Å². The summed E-state index contributed by atoms with van der Waals surface area (Å²) in [6.45, 7) is 2.60. The average molecular weight is 193 g/mol. The van der Waals surface area contributed by atoms with Gasteiger partial charge in [-0.1, -0.05) is 0 Å². The topological polar surface area (TPSA) is 69.4 Å². The van der Waals surface area contributed by atoms with Crippen LogP contribution < -0.4 is 5.73 Å². The predicted molar refractivity (Wildman–Crippen MR) is 46.7 cm³/mol. The van der Waals surface area contributed by atoms with Gasteiger partial charge in [0.2, 0.25) is 0 Å². The van der Waals surface area contributed by atoms with E-state index in [0.29, 0.717) is 19.6 Å². The lowest BCUT2D eigenvalue weighted by Gasteiger charge is -2.11. The molecule has 0 aromatic heterocycles. The molecule has 72 valence electrons. The fourth-order valence-corrected chi connectivity index (χ4v) is 3.06. The molecule has 0 amide bonds. The Morgan fingerprint density at radius 3 is 2.75 bits per heavy atom. The largest absolute Gasteiger partial charge is 0.380 e. The number of ether oxygens (including phenoxy) is 1. The lowest BCUT2D eigenvalue weighted by atomic mass is 10.4. The fraction of sp³-hybridized carbons (Fsp3) is 1.00. The fourth-order valence-electron chi connectivity index (χ4n) is 1.30. The van der Waals surface area contributed by atoms with Crippen LogP contribution >= 0.6 is 0 Å². The molecule has 0 aromatic carbocycles. The first-order valence-electron chi connectivity index (χ1n) is 4.07. The molecule has 1 rings (SSSR count). The van der Waals surface area contributed by atoms with E-state index in [0.717, 1.165) is 0 Å². The van der Waals surface area contributed by atoms with E-state index in [2.05, 4.69) is 0 Å². The number of sulfone groups is 1. The zero-order valence-electron chi connectivity index (χ0n) is 7.19. The third-order valence-corrected chi connectivity index (χ3v) is 4.27. The molecule has 0 aliphatic carbocycles. The van der Waals surface area contributed by atoms with Crippen LogP contribution in [-0.4, -0.2) is 38.7 Å². The zero-order valence-corrected chi connectivity index (χ0v) is 8.01. The molecule has 4 nitrogen and oxygen atoms in total. The quantitative estimate of drug-likeness (QED) is 0.658. The van der Waals surface area contributed by atoms with Crippen molar-refractivity contribution in [2.45, 2.75) is 24.6 Å². The van der Waals surface area contributed by atoms with Gasteiger partial charge in [-0.05, 0) is 13.3 Å². The van der Waals surface area contributed by atoms with Crippen molar-refractivity contribution < 1.29 is 13.2 Å². The maximum atomic E-state index is 11.5. The number of hydrogen-bond acceptors (Lipinski definition) is 4. The molecule has 1 heterocycles. The predicted octanol–water partition coefficient (Wildman–Crippen LogP) is -0.463. The summed E-state index contributed by atoms with van der Waals surface area (Å²) in [7, 11) is -3.01. The Hall–Kier alpha value is -0.130. The molecule has 1 aliphatic heterocycles. The molecule has 0 bridgehead atoms. The third-order valence-electron chi connectivity index (χ3n) is 1.89. The normalized spacial score (nSPS) is 27.3. The molecule has 0 saturated carbocycles. The van der Waals surface area contributed by atoms with Gasteiger partial charge in [0.1, 0.15) is 0 Å². The highest BCUT2D eigenvalue weighted by Gasteiger charge is 2.29. The van der Waals surface area contributed by atoms with E-state index in [1.165, 1.54) is 0 Å². The molecule has 0 aromatic rings. The van der Waals surface area contributed by atoms with E-state index in [4.69, 9.17) is 10.5 Å². The molecule has 0 spiro atoms. The lowest BCUT2D eigenvalue weighted by molar-refractivity contribution is 0.198. The molecular weight excluding hydrogens is 178 g/mol. The smallest absolute Gasteiger partial charge is 0.157 e. The number of rotatable bonds is 3. The zero-order chi connectivity index (χ0) is 9.19. The van der Waals surface area contributed by atoms with E-state index in [1.807, 2.05) is 0 Å². The van der Waals surface area contributed by atoms with Crippen LogP contribution in [0.4, 0.5) is 0 Å². The Labute approximate surface area is 73.0 Å². The van der Waals surface area contributed by atoms with Crippen molar-refractivity contribution in [2.75, 3.05) is 19.0 Å². The van der Waals surface area contributed by atoms with Gasteiger partial charge in [-0.2, -0.15) is 0 Å². The average Bonchev–Trinajstić information content (AvgIpc) is 2.32. The minimum Gasteiger partial charge on any atom is -0.380 e. The first-order chi connectivity index (χ1) is 5.52.